The van der Waals surface area contributed by atoms with Gasteiger partial charge in [0.2, 0.25) is 11.7 Å². The highest BCUT2D eigenvalue weighted by molar-refractivity contribution is 5.96. The van der Waals surface area contributed by atoms with E-state index >= 15 is 0 Å². The quantitative estimate of drug-likeness (QED) is 0.749. The molecule has 3 aromatic rings. The van der Waals surface area contributed by atoms with Crippen LogP contribution in [0, 0.1) is 0 Å². The van der Waals surface area contributed by atoms with Crippen LogP contribution in [-0.2, 0) is 14.3 Å². The van der Waals surface area contributed by atoms with Crippen LogP contribution in [0.3, 0.4) is 0 Å². The molecule has 1 amide bonds. The molecule has 136 valence electrons. The van der Waals surface area contributed by atoms with Crippen molar-refractivity contribution in [3.05, 3.63) is 83.9 Å². The summed E-state index contributed by atoms with van der Waals surface area (Å²) in [6.45, 7) is 0.872. The lowest BCUT2D eigenvalue weighted by atomic mass is 9.90. The van der Waals surface area contributed by atoms with Crippen LogP contribution in [-0.4, -0.2) is 29.3 Å². The Morgan fingerprint density at radius 2 is 1.59 bits per heavy atom. The number of ether oxygens (including phenoxy) is 2. The zero-order valence-corrected chi connectivity index (χ0v) is 14.4. The van der Waals surface area contributed by atoms with E-state index in [4.69, 9.17) is 13.9 Å². The van der Waals surface area contributed by atoms with Gasteiger partial charge < -0.3 is 13.9 Å². The van der Waals surface area contributed by atoms with Crippen molar-refractivity contribution < 1.29 is 18.7 Å². The summed E-state index contributed by atoms with van der Waals surface area (Å²) in [7, 11) is 0. The zero-order chi connectivity index (χ0) is 18.5. The summed E-state index contributed by atoms with van der Waals surface area (Å²) in [5, 5.41) is 10.5. The average Bonchev–Trinajstić information content (AvgIpc) is 3.19. The molecule has 1 N–H and O–H groups in total. The molecule has 7 heteroatoms. The molecule has 1 aromatic heterocycles. The van der Waals surface area contributed by atoms with Gasteiger partial charge in [-0.05, 0) is 11.1 Å². The van der Waals surface area contributed by atoms with E-state index in [1.807, 2.05) is 60.7 Å². The highest BCUT2D eigenvalue weighted by Crippen LogP contribution is 2.26. The summed E-state index contributed by atoms with van der Waals surface area (Å²) in [6.07, 6.45) is 1.42. The van der Waals surface area contributed by atoms with Crippen molar-refractivity contribution in [2.75, 3.05) is 18.5 Å². The van der Waals surface area contributed by atoms with Crippen LogP contribution < -0.4 is 5.32 Å². The predicted molar refractivity (Wildman–Crippen MR) is 97.5 cm³/mol. The van der Waals surface area contributed by atoms with Crippen molar-refractivity contribution >= 4 is 17.7 Å². The third kappa shape index (κ3) is 3.82. The van der Waals surface area contributed by atoms with Gasteiger partial charge in [-0.1, -0.05) is 65.8 Å². The molecule has 0 radical (unpaired) electrons. The molecule has 0 aliphatic carbocycles. The van der Waals surface area contributed by atoms with E-state index in [-0.39, 0.29) is 17.8 Å². The molecule has 1 aliphatic rings. The number of benzene rings is 2. The maximum Gasteiger partial charge on any atom is 0.322 e. The molecule has 0 atom stereocenters. The first-order valence-electron chi connectivity index (χ1n) is 8.50. The summed E-state index contributed by atoms with van der Waals surface area (Å²) in [6, 6.07) is 19.1. The molecule has 0 bridgehead atoms. The standard InChI is InChI=1S/C20H17N3O4/c24-18(21-20-23-22-19(27-20)16-13-25-11-12-26-16)17(14-7-3-1-4-8-14)15-9-5-2-6-10-15/h1-10,13,17H,11-12H2,(H,21,23,24). The first-order valence-corrected chi connectivity index (χ1v) is 8.50. The number of nitrogens with one attached hydrogen (secondary N) is 1. The third-order valence-corrected chi connectivity index (χ3v) is 4.04. The summed E-state index contributed by atoms with van der Waals surface area (Å²) in [5.74, 6) is -0.272. The van der Waals surface area contributed by atoms with Crippen molar-refractivity contribution in [3.8, 4) is 0 Å². The van der Waals surface area contributed by atoms with Gasteiger partial charge in [-0.25, -0.2) is 0 Å². The molecular weight excluding hydrogens is 346 g/mol. The molecule has 27 heavy (non-hydrogen) atoms. The van der Waals surface area contributed by atoms with Crippen molar-refractivity contribution in [2.45, 2.75) is 5.92 Å². The number of anilines is 1. The number of aromatic nitrogens is 2. The fraction of sp³-hybridized carbons (Fsp3) is 0.150. The summed E-state index contributed by atoms with van der Waals surface area (Å²) in [4.78, 5) is 13.0. The van der Waals surface area contributed by atoms with Crippen molar-refractivity contribution in [1.82, 2.24) is 10.2 Å². The molecule has 0 spiro atoms. The predicted octanol–water partition coefficient (Wildman–Crippen LogP) is 3.19. The molecule has 7 nitrogen and oxygen atoms in total. The number of hydrogen-bond donors (Lipinski definition) is 1. The monoisotopic (exact) mass is 363 g/mol. The van der Waals surface area contributed by atoms with Gasteiger partial charge in [-0.3, -0.25) is 10.1 Å². The van der Waals surface area contributed by atoms with Gasteiger partial charge in [-0.15, -0.1) is 5.10 Å². The van der Waals surface area contributed by atoms with Crippen LogP contribution in [0.15, 0.2) is 71.3 Å². The molecular formula is C20H17N3O4. The Bertz CT molecular complexity index is 899. The maximum atomic E-state index is 13.0. The lowest BCUT2D eigenvalue weighted by Gasteiger charge is -2.16. The minimum absolute atomic E-state index is 0.00179. The molecule has 2 aromatic carbocycles. The van der Waals surface area contributed by atoms with E-state index in [1.54, 1.807) is 0 Å². The Labute approximate surface area is 155 Å². The second-order valence-electron chi connectivity index (χ2n) is 5.86. The molecule has 4 rings (SSSR count). The van der Waals surface area contributed by atoms with Gasteiger partial charge in [0.1, 0.15) is 19.5 Å². The van der Waals surface area contributed by atoms with Gasteiger partial charge in [0, 0.05) is 0 Å². The van der Waals surface area contributed by atoms with E-state index < -0.39 is 5.92 Å². The van der Waals surface area contributed by atoms with Crippen molar-refractivity contribution in [2.24, 2.45) is 0 Å². The van der Waals surface area contributed by atoms with Gasteiger partial charge in [-0.2, -0.15) is 0 Å². The number of rotatable bonds is 5. The largest absolute Gasteiger partial charge is 0.494 e. The number of carbonyl (C=O) groups is 1. The highest BCUT2D eigenvalue weighted by Gasteiger charge is 2.25. The summed E-state index contributed by atoms with van der Waals surface area (Å²) in [5.41, 5.74) is 1.74. The second-order valence-corrected chi connectivity index (χ2v) is 5.86. The Balaban J connectivity index is 1.58. The van der Waals surface area contributed by atoms with Crippen LogP contribution in [0.4, 0.5) is 6.01 Å². The van der Waals surface area contributed by atoms with Crippen LogP contribution in [0.25, 0.3) is 5.76 Å². The second kappa shape index (κ2) is 7.74. The molecule has 0 saturated heterocycles. The van der Waals surface area contributed by atoms with Crippen LogP contribution >= 0.6 is 0 Å². The van der Waals surface area contributed by atoms with Crippen LogP contribution in [0.2, 0.25) is 0 Å². The van der Waals surface area contributed by atoms with E-state index in [1.165, 1.54) is 6.26 Å². The minimum atomic E-state index is -0.503. The van der Waals surface area contributed by atoms with Crippen molar-refractivity contribution in [1.29, 1.82) is 0 Å². The average molecular weight is 363 g/mol. The zero-order valence-electron chi connectivity index (χ0n) is 14.4. The lowest BCUT2D eigenvalue weighted by molar-refractivity contribution is -0.116. The Kier molecular flexibility index (Phi) is 4.82. The first kappa shape index (κ1) is 16.8. The number of hydrogen-bond acceptors (Lipinski definition) is 6. The normalized spacial score (nSPS) is 13.4. The van der Waals surface area contributed by atoms with E-state index in [0.29, 0.717) is 19.0 Å². The SMILES string of the molecule is O=C(Nc1nnc(C2=COCCO2)o1)C(c1ccccc1)c1ccccc1. The maximum absolute atomic E-state index is 13.0. The third-order valence-electron chi connectivity index (χ3n) is 4.04. The topological polar surface area (TPSA) is 86.5 Å². The molecule has 1 aliphatic heterocycles. The van der Waals surface area contributed by atoms with Crippen molar-refractivity contribution in [3.63, 3.8) is 0 Å². The van der Waals surface area contributed by atoms with Gasteiger partial charge >= 0.3 is 6.01 Å². The highest BCUT2D eigenvalue weighted by atomic mass is 16.6. The molecule has 0 fully saturated rings. The van der Waals surface area contributed by atoms with Gasteiger partial charge in [0.25, 0.3) is 5.89 Å². The molecule has 0 saturated carbocycles. The molecule has 2 heterocycles. The first-order chi connectivity index (χ1) is 13.3. The Hall–Kier alpha value is -3.61. The number of carbonyl (C=O) groups excluding carboxylic acids is 1. The van der Waals surface area contributed by atoms with Crippen LogP contribution in [0.5, 0.6) is 0 Å². The van der Waals surface area contributed by atoms with Crippen LogP contribution in [0.1, 0.15) is 22.9 Å². The fourth-order valence-corrected chi connectivity index (χ4v) is 2.82. The minimum Gasteiger partial charge on any atom is -0.494 e. The number of nitrogens with zero attached hydrogens (tertiary/aromatic N) is 2. The van der Waals surface area contributed by atoms with Gasteiger partial charge in [0.05, 0.1) is 5.92 Å². The van der Waals surface area contributed by atoms with E-state index in [9.17, 15) is 4.79 Å². The fourth-order valence-electron chi connectivity index (χ4n) is 2.82. The molecule has 0 unspecified atom stereocenters. The Morgan fingerprint density at radius 3 is 2.19 bits per heavy atom. The van der Waals surface area contributed by atoms with Gasteiger partial charge in [0.15, 0.2) is 0 Å². The lowest BCUT2D eigenvalue weighted by Crippen LogP contribution is -2.22. The summed E-state index contributed by atoms with van der Waals surface area (Å²) < 4.78 is 16.1. The smallest absolute Gasteiger partial charge is 0.322 e. The Morgan fingerprint density at radius 1 is 0.926 bits per heavy atom. The van der Waals surface area contributed by atoms with E-state index in [2.05, 4.69) is 15.5 Å². The van der Waals surface area contributed by atoms with E-state index in [0.717, 1.165) is 11.1 Å². The summed E-state index contributed by atoms with van der Waals surface area (Å²) >= 11 is 0. The number of amides is 1.